The molecule has 7 nitrogen and oxygen atoms in total. The first-order chi connectivity index (χ1) is 13.7. The average Bonchev–Trinajstić information content (AvgIpc) is 3.15. The van der Waals surface area contributed by atoms with Gasteiger partial charge >= 0.3 is 0 Å². The molecular weight excluding hydrogens is 356 g/mol. The summed E-state index contributed by atoms with van der Waals surface area (Å²) in [5.74, 6) is -2.08. The van der Waals surface area contributed by atoms with Crippen molar-refractivity contribution in [3.8, 4) is 28.8 Å². The molecule has 0 saturated heterocycles. The van der Waals surface area contributed by atoms with Gasteiger partial charge in [0, 0.05) is 18.2 Å². The fraction of sp³-hybridized carbons (Fsp3) is 0.143. The van der Waals surface area contributed by atoms with Gasteiger partial charge in [-0.2, -0.15) is 10.4 Å². The fourth-order valence-corrected chi connectivity index (χ4v) is 3.27. The lowest BCUT2D eigenvalue weighted by Gasteiger charge is -2.19. The molecule has 1 amide bonds. The van der Waals surface area contributed by atoms with Crippen molar-refractivity contribution in [2.45, 2.75) is 6.61 Å². The van der Waals surface area contributed by atoms with E-state index in [9.17, 15) is 14.9 Å². The van der Waals surface area contributed by atoms with E-state index in [2.05, 4.69) is 10.4 Å². The maximum absolute atomic E-state index is 13.0. The normalized spacial score (nSPS) is 12.7. The summed E-state index contributed by atoms with van der Waals surface area (Å²) in [7, 11) is 1.39. The number of benzene rings is 2. The number of para-hydroxylation sites is 2. The summed E-state index contributed by atoms with van der Waals surface area (Å²) in [5.41, 5.74) is 2.93. The Balaban J connectivity index is 1.94. The van der Waals surface area contributed by atoms with Gasteiger partial charge in [-0.15, -0.1) is 0 Å². The Morgan fingerprint density at radius 3 is 2.61 bits per heavy atom. The molecule has 3 aromatic rings. The van der Waals surface area contributed by atoms with Crippen LogP contribution < -0.4 is 10.1 Å². The quantitative estimate of drug-likeness (QED) is 0.561. The molecule has 138 valence electrons. The molecule has 2 aromatic carbocycles. The standard InChI is InChI=1S/C21H16N4O3/c1-23-21(27)15(11-22)20(26)18-16-12-28-17-10-6-5-9-14(17)19(16)25(24-18)13-7-3-2-4-8-13/h2-10,15H,12H2,1H3,(H,23,27). The third-order valence-corrected chi connectivity index (χ3v) is 4.63. The van der Waals surface area contributed by atoms with Crippen molar-refractivity contribution in [2.24, 2.45) is 5.92 Å². The number of carbonyl (C=O) groups excluding carboxylic acids is 2. The number of nitrogens with zero attached hydrogens (tertiary/aromatic N) is 3. The van der Waals surface area contributed by atoms with Crippen LogP contribution in [0.1, 0.15) is 16.1 Å². The molecule has 1 aromatic heterocycles. The van der Waals surface area contributed by atoms with Gasteiger partial charge in [-0.1, -0.05) is 30.3 Å². The van der Waals surface area contributed by atoms with Gasteiger partial charge in [0.25, 0.3) is 0 Å². The zero-order valence-corrected chi connectivity index (χ0v) is 15.0. The number of ketones is 1. The van der Waals surface area contributed by atoms with Crippen molar-refractivity contribution in [2.75, 3.05) is 7.05 Å². The minimum Gasteiger partial charge on any atom is -0.488 e. The van der Waals surface area contributed by atoms with Gasteiger partial charge in [0.1, 0.15) is 18.1 Å². The zero-order chi connectivity index (χ0) is 19.7. The van der Waals surface area contributed by atoms with Crippen LogP contribution in [0.4, 0.5) is 0 Å². The summed E-state index contributed by atoms with van der Waals surface area (Å²) in [6.45, 7) is 0.131. The van der Waals surface area contributed by atoms with E-state index in [1.54, 1.807) is 10.8 Å². The second kappa shape index (κ2) is 7.00. The largest absolute Gasteiger partial charge is 0.488 e. The number of Topliss-reactive ketones (excluding diaryl/α,β-unsaturated/α-hetero) is 1. The van der Waals surface area contributed by atoms with Crippen LogP contribution >= 0.6 is 0 Å². The molecule has 2 heterocycles. The van der Waals surface area contributed by atoms with Crippen molar-refractivity contribution in [3.63, 3.8) is 0 Å². The number of ether oxygens (including phenoxy) is 1. The Morgan fingerprint density at radius 1 is 1.18 bits per heavy atom. The highest BCUT2D eigenvalue weighted by atomic mass is 16.5. The second-order valence-electron chi connectivity index (χ2n) is 6.25. The maximum atomic E-state index is 13.0. The lowest BCUT2D eigenvalue weighted by molar-refractivity contribution is -0.121. The Bertz CT molecular complexity index is 1110. The highest BCUT2D eigenvalue weighted by Crippen LogP contribution is 2.40. The number of fused-ring (bicyclic) bond motifs is 3. The summed E-state index contributed by atoms with van der Waals surface area (Å²) < 4.78 is 7.47. The van der Waals surface area contributed by atoms with Crippen LogP contribution in [0.15, 0.2) is 54.6 Å². The van der Waals surface area contributed by atoms with Crippen molar-refractivity contribution in [1.82, 2.24) is 15.1 Å². The first-order valence-electron chi connectivity index (χ1n) is 8.70. The molecule has 1 N–H and O–H groups in total. The van der Waals surface area contributed by atoms with Gasteiger partial charge in [-0.3, -0.25) is 9.59 Å². The highest BCUT2D eigenvalue weighted by molar-refractivity contribution is 6.12. The minimum absolute atomic E-state index is 0.0727. The predicted molar refractivity (Wildman–Crippen MR) is 101 cm³/mol. The first kappa shape index (κ1) is 17.5. The van der Waals surface area contributed by atoms with Crippen LogP contribution in [0, 0.1) is 17.2 Å². The van der Waals surface area contributed by atoms with E-state index in [1.807, 2.05) is 54.6 Å². The molecule has 1 unspecified atom stereocenters. The third-order valence-electron chi connectivity index (χ3n) is 4.63. The lowest BCUT2D eigenvalue weighted by Crippen LogP contribution is -2.32. The lowest BCUT2D eigenvalue weighted by atomic mass is 9.96. The van der Waals surface area contributed by atoms with Gasteiger partial charge in [0.05, 0.1) is 17.5 Å². The Kier molecular flexibility index (Phi) is 4.38. The fourth-order valence-electron chi connectivity index (χ4n) is 3.27. The van der Waals surface area contributed by atoms with E-state index in [0.717, 1.165) is 16.9 Å². The number of amides is 1. The highest BCUT2D eigenvalue weighted by Gasteiger charge is 2.35. The summed E-state index contributed by atoms with van der Waals surface area (Å²) in [4.78, 5) is 25.0. The van der Waals surface area contributed by atoms with Gasteiger partial charge < -0.3 is 10.1 Å². The van der Waals surface area contributed by atoms with Crippen molar-refractivity contribution >= 4 is 11.7 Å². The SMILES string of the molecule is CNC(=O)C(C#N)C(=O)c1nn(-c2ccccc2)c2c1COc1ccccc1-2. The Labute approximate surface area is 161 Å². The van der Waals surface area contributed by atoms with Crippen LogP contribution in [0.3, 0.4) is 0 Å². The smallest absolute Gasteiger partial charge is 0.245 e. The summed E-state index contributed by atoms with van der Waals surface area (Å²) in [6.07, 6.45) is 0. The molecule has 0 bridgehead atoms. The molecule has 28 heavy (non-hydrogen) atoms. The number of aromatic nitrogens is 2. The van der Waals surface area contributed by atoms with Crippen LogP contribution in [-0.4, -0.2) is 28.5 Å². The predicted octanol–water partition coefficient (Wildman–Crippen LogP) is 2.50. The second-order valence-corrected chi connectivity index (χ2v) is 6.25. The van der Waals surface area contributed by atoms with Crippen LogP contribution in [0.5, 0.6) is 5.75 Å². The summed E-state index contributed by atoms with van der Waals surface area (Å²) >= 11 is 0. The topological polar surface area (TPSA) is 97.0 Å². The van der Waals surface area contributed by atoms with Gasteiger partial charge in [0.15, 0.2) is 5.92 Å². The van der Waals surface area contributed by atoms with Crippen LogP contribution in [0.2, 0.25) is 0 Å². The molecule has 0 radical (unpaired) electrons. The van der Waals surface area contributed by atoms with Crippen molar-refractivity contribution in [3.05, 3.63) is 65.9 Å². The number of nitriles is 1. The Morgan fingerprint density at radius 2 is 1.89 bits per heavy atom. The summed E-state index contributed by atoms with van der Waals surface area (Å²) in [5, 5.41) is 16.2. The third kappa shape index (κ3) is 2.72. The van der Waals surface area contributed by atoms with E-state index in [-0.39, 0.29) is 12.3 Å². The molecule has 1 atom stereocenters. The van der Waals surface area contributed by atoms with Gasteiger partial charge in [-0.25, -0.2) is 4.68 Å². The average molecular weight is 372 g/mol. The van der Waals surface area contributed by atoms with Gasteiger partial charge in [0.2, 0.25) is 11.7 Å². The van der Waals surface area contributed by atoms with E-state index in [1.165, 1.54) is 7.05 Å². The van der Waals surface area contributed by atoms with Crippen molar-refractivity contribution in [1.29, 1.82) is 5.26 Å². The molecule has 1 aliphatic heterocycles. The molecule has 0 saturated carbocycles. The minimum atomic E-state index is -1.47. The molecule has 1 aliphatic rings. The van der Waals surface area contributed by atoms with Crippen LogP contribution in [0.25, 0.3) is 16.9 Å². The first-order valence-corrected chi connectivity index (χ1v) is 8.70. The van der Waals surface area contributed by atoms with Gasteiger partial charge in [-0.05, 0) is 24.3 Å². The molecule has 0 aliphatic carbocycles. The maximum Gasteiger partial charge on any atom is 0.245 e. The Hall–Kier alpha value is -3.92. The number of hydrogen-bond donors (Lipinski definition) is 1. The zero-order valence-electron chi connectivity index (χ0n) is 15.0. The summed E-state index contributed by atoms with van der Waals surface area (Å²) in [6, 6.07) is 18.7. The van der Waals surface area contributed by atoms with E-state index < -0.39 is 17.6 Å². The number of hydrogen-bond acceptors (Lipinski definition) is 5. The molecule has 4 rings (SSSR count). The molecule has 7 heteroatoms. The van der Waals surface area contributed by atoms with E-state index in [4.69, 9.17) is 4.74 Å². The van der Waals surface area contributed by atoms with Crippen molar-refractivity contribution < 1.29 is 14.3 Å². The molecule has 0 fully saturated rings. The van der Waals surface area contributed by atoms with E-state index >= 15 is 0 Å². The molecule has 0 spiro atoms. The van der Waals surface area contributed by atoms with Crippen LogP contribution in [-0.2, 0) is 11.4 Å². The number of carbonyl (C=O) groups is 2. The number of rotatable bonds is 4. The monoisotopic (exact) mass is 372 g/mol. The molecular formula is C21H16N4O3. The number of nitrogens with one attached hydrogen (secondary N) is 1. The van der Waals surface area contributed by atoms with E-state index in [0.29, 0.717) is 11.3 Å².